The van der Waals surface area contributed by atoms with Crippen molar-refractivity contribution in [2.75, 3.05) is 5.32 Å². The fourth-order valence-corrected chi connectivity index (χ4v) is 6.26. The number of thiophene rings is 1. The zero-order valence-corrected chi connectivity index (χ0v) is 24.1. The lowest BCUT2D eigenvalue weighted by Crippen LogP contribution is -2.48. The summed E-state index contributed by atoms with van der Waals surface area (Å²) in [5.74, 6) is -3.78. The Morgan fingerprint density at radius 1 is 0.977 bits per heavy atom. The van der Waals surface area contributed by atoms with Crippen molar-refractivity contribution in [3.63, 3.8) is 0 Å². The van der Waals surface area contributed by atoms with Crippen molar-refractivity contribution in [2.45, 2.75) is 24.8 Å². The number of hydrogen-bond donors (Lipinski definition) is 3. The van der Waals surface area contributed by atoms with Gasteiger partial charge in [0.05, 0.1) is 28.0 Å². The van der Waals surface area contributed by atoms with Crippen molar-refractivity contribution in [2.24, 2.45) is 5.73 Å². The summed E-state index contributed by atoms with van der Waals surface area (Å²) in [7, 11) is 0. The molecule has 0 saturated carbocycles. The van der Waals surface area contributed by atoms with Crippen LogP contribution in [0.5, 0.6) is 0 Å². The van der Waals surface area contributed by atoms with Crippen molar-refractivity contribution in [3.05, 3.63) is 80.4 Å². The maximum Gasteiger partial charge on any atom is 0.416 e. The number of carbonyl (C=O) groups excluding carboxylic acids is 3. The topological polar surface area (TPSA) is 130 Å². The first-order valence-corrected chi connectivity index (χ1v) is 14.1. The number of halogens is 6. The maximum atomic E-state index is 13.3. The third-order valence-electron chi connectivity index (χ3n) is 6.05. The first kappa shape index (κ1) is 32.7. The molecule has 0 bridgehead atoms. The number of carbonyl (C=O) groups is 4. The highest BCUT2D eigenvalue weighted by Gasteiger charge is 2.41. The quantitative estimate of drug-likeness (QED) is 0.147. The SMILES string of the molecule is NC(=O)C[C@@H](C(=O)Nc1ccc(C(=O)O)cc1)N1C(=O)C(=Cc2cc(-c3cc(C(F)(F)F)cc(C(F)(F)F)c3)cs2)SC1=S. The molecular weight excluding hydrogens is 657 g/mol. The zero-order chi connectivity index (χ0) is 32.6. The summed E-state index contributed by atoms with van der Waals surface area (Å²) < 4.78 is 79.7. The van der Waals surface area contributed by atoms with Crippen molar-refractivity contribution >= 4 is 75.1 Å². The van der Waals surface area contributed by atoms with Gasteiger partial charge in [-0.05, 0) is 71.1 Å². The van der Waals surface area contributed by atoms with E-state index in [1.807, 2.05) is 0 Å². The summed E-state index contributed by atoms with van der Waals surface area (Å²) in [6.07, 6.45) is -9.38. The highest BCUT2D eigenvalue weighted by atomic mass is 32.2. The number of carboxylic acid groups (broad SMARTS) is 1. The Balaban J connectivity index is 1.60. The lowest BCUT2D eigenvalue weighted by molar-refractivity contribution is -0.143. The molecule has 230 valence electrons. The molecule has 8 nitrogen and oxygen atoms in total. The molecule has 0 aliphatic carbocycles. The second kappa shape index (κ2) is 12.4. The minimum atomic E-state index is -5.03. The fourth-order valence-electron chi connectivity index (χ4n) is 3.99. The summed E-state index contributed by atoms with van der Waals surface area (Å²) in [5.41, 5.74) is 2.14. The zero-order valence-electron chi connectivity index (χ0n) is 21.7. The molecular formula is C27H17F6N3O5S3. The summed E-state index contributed by atoms with van der Waals surface area (Å²) in [6.45, 7) is 0. The number of benzene rings is 2. The number of thiocarbonyl (C=S) groups is 1. The van der Waals surface area contributed by atoms with Crippen molar-refractivity contribution in [1.82, 2.24) is 4.90 Å². The number of carboxylic acids is 1. The van der Waals surface area contributed by atoms with Gasteiger partial charge >= 0.3 is 18.3 Å². The lowest BCUT2D eigenvalue weighted by atomic mass is 10.0. The first-order chi connectivity index (χ1) is 20.4. The van der Waals surface area contributed by atoms with Gasteiger partial charge in [-0.2, -0.15) is 26.3 Å². The van der Waals surface area contributed by atoms with Gasteiger partial charge in [-0.1, -0.05) is 24.0 Å². The number of nitrogens with two attached hydrogens (primary N) is 1. The number of nitrogens with zero attached hydrogens (tertiary/aromatic N) is 1. The van der Waals surface area contributed by atoms with Crippen LogP contribution in [-0.2, 0) is 26.7 Å². The molecule has 1 aliphatic heterocycles. The van der Waals surface area contributed by atoms with Crippen LogP contribution in [0.25, 0.3) is 17.2 Å². The average molecular weight is 674 g/mol. The Hall–Kier alpha value is -4.22. The average Bonchev–Trinajstić information content (AvgIpc) is 3.50. The number of primary amides is 1. The molecule has 0 spiro atoms. The molecule has 0 radical (unpaired) electrons. The lowest BCUT2D eigenvalue weighted by Gasteiger charge is -2.25. The molecule has 2 heterocycles. The Bertz CT molecular complexity index is 1670. The van der Waals surface area contributed by atoms with Crippen molar-refractivity contribution in [1.29, 1.82) is 0 Å². The number of thioether (sulfide) groups is 1. The molecule has 1 atom stereocenters. The van der Waals surface area contributed by atoms with Gasteiger partial charge in [0, 0.05) is 10.6 Å². The maximum absolute atomic E-state index is 13.3. The second-order valence-electron chi connectivity index (χ2n) is 9.14. The number of aromatic carboxylic acids is 1. The van der Waals surface area contributed by atoms with Crippen LogP contribution in [-0.4, -0.2) is 44.1 Å². The van der Waals surface area contributed by atoms with Crippen molar-refractivity contribution < 1.29 is 50.6 Å². The highest BCUT2D eigenvalue weighted by molar-refractivity contribution is 8.26. The Morgan fingerprint density at radius 3 is 2.09 bits per heavy atom. The van der Waals surface area contributed by atoms with E-state index < -0.39 is 59.6 Å². The third-order valence-corrected chi connectivity index (χ3v) is 8.26. The summed E-state index contributed by atoms with van der Waals surface area (Å²) in [6, 6.07) is 6.03. The van der Waals surface area contributed by atoms with E-state index in [1.54, 1.807) is 0 Å². The van der Waals surface area contributed by atoms with Gasteiger partial charge in [-0.25, -0.2) is 4.79 Å². The van der Waals surface area contributed by atoms with E-state index in [9.17, 15) is 45.5 Å². The van der Waals surface area contributed by atoms with Gasteiger partial charge in [0.1, 0.15) is 10.4 Å². The van der Waals surface area contributed by atoms with Gasteiger partial charge in [-0.15, -0.1) is 11.3 Å². The molecule has 17 heteroatoms. The number of nitrogens with one attached hydrogen (secondary N) is 1. The highest BCUT2D eigenvalue weighted by Crippen LogP contribution is 2.41. The van der Waals surface area contributed by atoms with E-state index in [1.165, 1.54) is 41.8 Å². The largest absolute Gasteiger partial charge is 0.478 e. The molecule has 1 saturated heterocycles. The van der Waals surface area contributed by atoms with Crippen LogP contribution in [0.4, 0.5) is 32.0 Å². The Labute approximate surface area is 257 Å². The van der Waals surface area contributed by atoms with E-state index >= 15 is 0 Å². The molecule has 4 N–H and O–H groups in total. The molecule has 2 aromatic carbocycles. The predicted molar refractivity (Wildman–Crippen MR) is 154 cm³/mol. The normalized spacial score (nSPS) is 15.5. The minimum Gasteiger partial charge on any atom is -0.478 e. The van der Waals surface area contributed by atoms with E-state index in [4.69, 9.17) is 23.1 Å². The van der Waals surface area contributed by atoms with E-state index in [0.29, 0.717) is 12.1 Å². The minimum absolute atomic E-state index is 0.0197. The first-order valence-electron chi connectivity index (χ1n) is 12.0. The van der Waals surface area contributed by atoms with Gasteiger partial charge in [-0.3, -0.25) is 19.3 Å². The van der Waals surface area contributed by atoms with Gasteiger partial charge < -0.3 is 16.2 Å². The van der Waals surface area contributed by atoms with Crippen LogP contribution in [0.15, 0.2) is 58.8 Å². The summed E-state index contributed by atoms with van der Waals surface area (Å²) >= 11 is 6.96. The number of anilines is 1. The Morgan fingerprint density at radius 2 is 1.57 bits per heavy atom. The van der Waals surface area contributed by atoms with Gasteiger partial charge in [0.25, 0.3) is 5.91 Å². The number of alkyl halides is 6. The predicted octanol–water partition coefficient (Wildman–Crippen LogP) is 6.23. The summed E-state index contributed by atoms with van der Waals surface area (Å²) in [5, 5.41) is 12.8. The summed E-state index contributed by atoms with van der Waals surface area (Å²) in [4.78, 5) is 50.4. The van der Waals surface area contributed by atoms with Gasteiger partial charge in [0.2, 0.25) is 11.8 Å². The standard InChI is InChI=1S/C27H17F6N3O5S3/c28-26(29,30)15-5-13(6-16(8-15)27(31,32)33)14-7-18(43-11-14)9-20-23(39)36(25(42)44-20)19(10-21(34)37)22(38)35-17-3-1-12(2-4-17)24(40)41/h1-9,11,19H,10H2,(H2,34,37)(H,35,38)(H,40,41)/t19-/m0/s1. The van der Waals surface area contributed by atoms with Crippen LogP contribution in [0.1, 0.15) is 32.8 Å². The molecule has 1 fully saturated rings. The monoisotopic (exact) mass is 673 g/mol. The third kappa shape index (κ3) is 7.46. The molecule has 3 amide bonds. The van der Waals surface area contributed by atoms with E-state index in [2.05, 4.69) is 5.32 Å². The van der Waals surface area contributed by atoms with Crippen LogP contribution >= 0.6 is 35.3 Å². The smallest absolute Gasteiger partial charge is 0.416 e. The van der Waals surface area contributed by atoms with Crippen LogP contribution in [0.3, 0.4) is 0 Å². The molecule has 1 aliphatic rings. The van der Waals surface area contributed by atoms with E-state index in [0.717, 1.165) is 28.0 Å². The van der Waals surface area contributed by atoms with Crippen LogP contribution in [0, 0.1) is 0 Å². The number of rotatable bonds is 8. The molecule has 1 aromatic heterocycles. The van der Waals surface area contributed by atoms with Crippen LogP contribution < -0.4 is 11.1 Å². The van der Waals surface area contributed by atoms with Crippen LogP contribution in [0.2, 0.25) is 0 Å². The number of amides is 3. The molecule has 0 unspecified atom stereocenters. The molecule has 3 aromatic rings. The number of hydrogen-bond acceptors (Lipinski definition) is 7. The Kier molecular flexibility index (Phi) is 9.22. The molecule has 4 rings (SSSR count). The van der Waals surface area contributed by atoms with Gasteiger partial charge in [0.15, 0.2) is 0 Å². The van der Waals surface area contributed by atoms with E-state index in [-0.39, 0.29) is 42.5 Å². The van der Waals surface area contributed by atoms with Crippen molar-refractivity contribution in [3.8, 4) is 11.1 Å². The molecule has 44 heavy (non-hydrogen) atoms. The fraction of sp³-hybridized carbons (Fsp3) is 0.148. The second-order valence-corrected chi connectivity index (χ2v) is 11.8.